The molecule has 2 nitrogen and oxygen atoms in total. The zero-order chi connectivity index (χ0) is 22.5. The number of phenolic OH excluding ortho intramolecular Hbond substituents is 1. The fourth-order valence-electron chi connectivity index (χ4n) is 4.59. The van der Waals surface area contributed by atoms with Crippen LogP contribution >= 0.6 is 0 Å². The number of allylic oxidation sites excluding steroid dienone is 4. The molecule has 0 heterocycles. The highest BCUT2D eigenvalue weighted by atomic mass is 16.3. The molecule has 1 aromatic carbocycles. The van der Waals surface area contributed by atoms with Gasteiger partial charge in [-0.2, -0.15) is 0 Å². The van der Waals surface area contributed by atoms with Crippen LogP contribution in [0.25, 0.3) is 5.57 Å². The summed E-state index contributed by atoms with van der Waals surface area (Å²) in [6.07, 6.45) is 1.87. The van der Waals surface area contributed by atoms with E-state index in [4.69, 9.17) is 0 Å². The van der Waals surface area contributed by atoms with Crippen molar-refractivity contribution in [1.29, 1.82) is 0 Å². The van der Waals surface area contributed by atoms with E-state index in [1.54, 1.807) is 0 Å². The van der Waals surface area contributed by atoms with E-state index in [2.05, 4.69) is 82.2 Å². The van der Waals surface area contributed by atoms with E-state index in [0.717, 1.165) is 27.8 Å². The van der Waals surface area contributed by atoms with Crippen LogP contribution in [0.1, 0.15) is 98.8 Å². The maximum atomic E-state index is 13.4. The number of carbonyl (C=O) groups is 1. The van der Waals surface area contributed by atoms with Crippen LogP contribution in [0.2, 0.25) is 0 Å². The third-order valence-electron chi connectivity index (χ3n) is 6.08. The summed E-state index contributed by atoms with van der Waals surface area (Å²) >= 11 is 0. The van der Waals surface area contributed by atoms with Crippen molar-refractivity contribution in [1.82, 2.24) is 0 Å². The maximum absolute atomic E-state index is 13.4. The number of hydrogen-bond donors (Lipinski definition) is 1. The molecule has 1 aliphatic rings. The summed E-state index contributed by atoms with van der Waals surface area (Å²) in [5, 5.41) is 10.8. The number of rotatable bonds is 3. The number of ketones is 1. The quantitative estimate of drug-likeness (QED) is 0.577. The van der Waals surface area contributed by atoms with E-state index in [9.17, 15) is 9.90 Å². The summed E-state index contributed by atoms with van der Waals surface area (Å²) < 4.78 is 0. The first kappa shape index (κ1) is 23.4. The minimum atomic E-state index is -0.195. The van der Waals surface area contributed by atoms with Crippen LogP contribution in [0.5, 0.6) is 5.75 Å². The van der Waals surface area contributed by atoms with Crippen molar-refractivity contribution >= 4 is 11.4 Å². The van der Waals surface area contributed by atoms with Gasteiger partial charge in [0.2, 0.25) is 0 Å². The Morgan fingerprint density at radius 3 is 1.90 bits per heavy atom. The lowest BCUT2D eigenvalue weighted by atomic mass is 9.65. The predicted octanol–water partition coefficient (Wildman–Crippen LogP) is 7.41. The van der Waals surface area contributed by atoms with Crippen LogP contribution in [0.15, 0.2) is 29.4 Å². The lowest BCUT2D eigenvalue weighted by Crippen LogP contribution is -2.33. The summed E-state index contributed by atoms with van der Waals surface area (Å²) in [5.74, 6) is 0.880. The smallest absolute Gasteiger partial charge is 0.163 e. The Balaban J connectivity index is 2.97. The first-order valence-electron chi connectivity index (χ1n) is 10.9. The molecule has 0 fully saturated rings. The van der Waals surface area contributed by atoms with Crippen molar-refractivity contribution in [2.45, 2.75) is 87.5 Å². The average molecular weight is 397 g/mol. The molecule has 0 aromatic heterocycles. The van der Waals surface area contributed by atoms with Gasteiger partial charge in [-0.3, -0.25) is 4.79 Å². The molecule has 1 atom stereocenters. The molecule has 29 heavy (non-hydrogen) atoms. The molecule has 0 aliphatic heterocycles. The van der Waals surface area contributed by atoms with Crippen LogP contribution in [0.3, 0.4) is 0 Å². The number of phenols is 1. The molecule has 1 aromatic rings. The van der Waals surface area contributed by atoms with Gasteiger partial charge >= 0.3 is 0 Å². The van der Waals surface area contributed by atoms with Crippen LogP contribution in [0.4, 0.5) is 0 Å². The van der Waals surface area contributed by atoms with Crippen molar-refractivity contribution in [3.8, 4) is 5.75 Å². The van der Waals surface area contributed by atoms with Crippen molar-refractivity contribution in [2.75, 3.05) is 0 Å². The summed E-state index contributed by atoms with van der Waals surface area (Å²) in [7, 11) is 0. The molecule has 0 spiro atoms. The average Bonchev–Trinajstić information content (AvgIpc) is 2.53. The van der Waals surface area contributed by atoms with Crippen LogP contribution in [-0.2, 0) is 10.2 Å². The molecular formula is C27H40O2. The largest absolute Gasteiger partial charge is 0.508 e. The molecule has 1 unspecified atom stereocenters. The van der Waals surface area contributed by atoms with Crippen LogP contribution in [0, 0.1) is 17.3 Å². The minimum absolute atomic E-state index is 0.185. The number of aromatic hydroxyl groups is 1. The Bertz CT molecular complexity index is 865. The number of carbonyl (C=O) groups excluding carboxylic acids is 1. The first-order chi connectivity index (χ1) is 13.1. The Hall–Kier alpha value is -1.83. The third kappa shape index (κ3) is 4.52. The number of benzene rings is 1. The molecule has 0 saturated carbocycles. The Labute approximate surface area is 178 Å². The molecule has 0 amide bonds. The predicted molar refractivity (Wildman–Crippen MR) is 124 cm³/mol. The lowest BCUT2D eigenvalue weighted by Gasteiger charge is -2.38. The molecule has 0 saturated heterocycles. The number of hydrogen-bond acceptors (Lipinski definition) is 2. The van der Waals surface area contributed by atoms with E-state index in [1.165, 1.54) is 5.57 Å². The van der Waals surface area contributed by atoms with Crippen LogP contribution in [-0.4, -0.2) is 10.9 Å². The fraction of sp³-hybridized carbons (Fsp3) is 0.593. The summed E-state index contributed by atoms with van der Waals surface area (Å²) in [6.45, 7) is 23.6. The van der Waals surface area contributed by atoms with Gasteiger partial charge in [0.1, 0.15) is 5.75 Å². The highest BCUT2D eigenvalue weighted by Crippen LogP contribution is 2.48. The molecule has 2 heteroatoms. The Morgan fingerprint density at radius 2 is 1.48 bits per heavy atom. The van der Waals surface area contributed by atoms with Gasteiger partial charge in [0.05, 0.1) is 5.92 Å². The minimum Gasteiger partial charge on any atom is -0.508 e. The third-order valence-corrected chi connectivity index (χ3v) is 6.08. The van der Waals surface area contributed by atoms with Crippen molar-refractivity contribution in [3.05, 3.63) is 46.0 Å². The second-order valence-electron chi connectivity index (χ2n) is 11.4. The van der Waals surface area contributed by atoms with Crippen molar-refractivity contribution < 1.29 is 9.90 Å². The van der Waals surface area contributed by atoms with E-state index in [1.807, 2.05) is 12.1 Å². The van der Waals surface area contributed by atoms with Gasteiger partial charge in [-0.25, -0.2) is 0 Å². The van der Waals surface area contributed by atoms with Gasteiger partial charge in [0.15, 0.2) is 5.78 Å². The SMILES string of the molecule is CC1=C(c2cc(C(C)(C)C)c(O)cc2C(C)C)C(C(C)(C)C)C(=O)C=C1C(C)C. The summed E-state index contributed by atoms with van der Waals surface area (Å²) in [6, 6.07) is 4.08. The molecule has 1 aliphatic carbocycles. The topological polar surface area (TPSA) is 37.3 Å². The fourth-order valence-corrected chi connectivity index (χ4v) is 4.59. The van der Waals surface area contributed by atoms with Crippen molar-refractivity contribution in [2.24, 2.45) is 17.3 Å². The van der Waals surface area contributed by atoms with Gasteiger partial charge in [0.25, 0.3) is 0 Å². The van der Waals surface area contributed by atoms with Gasteiger partial charge in [-0.15, -0.1) is 0 Å². The molecule has 2 rings (SSSR count). The summed E-state index contributed by atoms with van der Waals surface area (Å²) in [5.41, 5.74) is 6.27. The van der Waals surface area contributed by atoms with E-state index in [0.29, 0.717) is 5.75 Å². The highest BCUT2D eigenvalue weighted by Gasteiger charge is 2.39. The molecule has 0 bridgehead atoms. The van der Waals surface area contributed by atoms with E-state index in [-0.39, 0.29) is 34.4 Å². The maximum Gasteiger partial charge on any atom is 0.163 e. The molecule has 1 N–H and O–H groups in total. The zero-order valence-corrected chi connectivity index (χ0v) is 20.3. The second-order valence-corrected chi connectivity index (χ2v) is 11.4. The van der Waals surface area contributed by atoms with Gasteiger partial charge in [0, 0.05) is 0 Å². The Morgan fingerprint density at radius 1 is 0.931 bits per heavy atom. The van der Waals surface area contributed by atoms with Crippen LogP contribution < -0.4 is 0 Å². The zero-order valence-electron chi connectivity index (χ0n) is 20.3. The molecular weight excluding hydrogens is 356 g/mol. The molecule has 0 radical (unpaired) electrons. The van der Waals surface area contributed by atoms with E-state index < -0.39 is 0 Å². The van der Waals surface area contributed by atoms with Gasteiger partial charge in [-0.1, -0.05) is 69.2 Å². The standard InChI is InChI=1S/C27H40O2/c1-15(2)18-13-23(29)25(27(9,10)11)24(17(18)5)20-12-21(26(6,7)8)22(28)14-19(20)16(3)4/h12-16,25,28H,1-11H3. The van der Waals surface area contributed by atoms with Crippen molar-refractivity contribution in [3.63, 3.8) is 0 Å². The summed E-state index contributed by atoms with van der Waals surface area (Å²) in [4.78, 5) is 13.4. The monoisotopic (exact) mass is 396 g/mol. The highest BCUT2D eigenvalue weighted by molar-refractivity contribution is 6.06. The second kappa shape index (κ2) is 7.78. The van der Waals surface area contributed by atoms with Gasteiger partial charge < -0.3 is 5.11 Å². The first-order valence-corrected chi connectivity index (χ1v) is 10.9. The van der Waals surface area contributed by atoms with E-state index >= 15 is 0 Å². The Kier molecular flexibility index (Phi) is 6.29. The normalized spacial score (nSPS) is 18.7. The lowest BCUT2D eigenvalue weighted by molar-refractivity contribution is -0.119. The van der Waals surface area contributed by atoms with Gasteiger partial charge in [-0.05, 0) is 81.2 Å². The molecule has 160 valence electrons.